The number of carbonyl (C=O) groups is 1. The molecule has 0 aliphatic carbocycles. The molecule has 0 fully saturated rings. The van der Waals surface area contributed by atoms with Gasteiger partial charge >= 0.3 is 0 Å². The van der Waals surface area contributed by atoms with Crippen LogP contribution < -0.4 is 5.32 Å². The summed E-state index contributed by atoms with van der Waals surface area (Å²) in [6, 6.07) is 3.62. The van der Waals surface area contributed by atoms with Gasteiger partial charge in [-0.25, -0.2) is 0 Å². The standard InChI is InChI=1S/C13H22N2O/c1-11(2)7-4-3-5-9-15-13(16)12-8-6-10-14-12/h6,8,10-11,14H,3-5,7,9H2,1-2H3,(H,15,16). The van der Waals surface area contributed by atoms with Crippen LogP contribution in [0.5, 0.6) is 0 Å². The van der Waals surface area contributed by atoms with E-state index in [1.165, 1.54) is 19.3 Å². The van der Waals surface area contributed by atoms with Gasteiger partial charge in [0.1, 0.15) is 5.69 Å². The van der Waals surface area contributed by atoms with Crippen molar-refractivity contribution in [2.75, 3.05) is 6.54 Å². The van der Waals surface area contributed by atoms with Crippen molar-refractivity contribution in [2.45, 2.75) is 39.5 Å². The van der Waals surface area contributed by atoms with E-state index < -0.39 is 0 Å². The topological polar surface area (TPSA) is 44.9 Å². The lowest BCUT2D eigenvalue weighted by molar-refractivity contribution is 0.0948. The molecule has 0 saturated heterocycles. The van der Waals surface area contributed by atoms with Gasteiger partial charge in [0, 0.05) is 12.7 Å². The average molecular weight is 222 g/mol. The molecule has 0 aromatic carbocycles. The van der Waals surface area contributed by atoms with Crippen LogP contribution >= 0.6 is 0 Å². The van der Waals surface area contributed by atoms with Crippen molar-refractivity contribution in [1.29, 1.82) is 0 Å². The molecule has 0 spiro atoms. The Morgan fingerprint density at radius 1 is 1.38 bits per heavy atom. The highest BCUT2D eigenvalue weighted by atomic mass is 16.1. The highest BCUT2D eigenvalue weighted by molar-refractivity contribution is 5.92. The van der Waals surface area contributed by atoms with Gasteiger partial charge in [0.2, 0.25) is 0 Å². The maximum Gasteiger partial charge on any atom is 0.267 e. The number of H-pyrrole nitrogens is 1. The summed E-state index contributed by atoms with van der Waals surface area (Å²) < 4.78 is 0. The van der Waals surface area contributed by atoms with Crippen molar-refractivity contribution in [3.05, 3.63) is 24.0 Å². The van der Waals surface area contributed by atoms with Crippen molar-refractivity contribution >= 4 is 5.91 Å². The zero-order valence-corrected chi connectivity index (χ0v) is 10.3. The highest BCUT2D eigenvalue weighted by Crippen LogP contribution is 2.07. The highest BCUT2D eigenvalue weighted by Gasteiger charge is 2.03. The largest absolute Gasteiger partial charge is 0.357 e. The molecule has 16 heavy (non-hydrogen) atoms. The van der Waals surface area contributed by atoms with Gasteiger partial charge in [-0.3, -0.25) is 4.79 Å². The van der Waals surface area contributed by atoms with Gasteiger partial charge < -0.3 is 10.3 Å². The maximum absolute atomic E-state index is 11.5. The van der Waals surface area contributed by atoms with Crippen molar-refractivity contribution < 1.29 is 4.79 Å². The van der Waals surface area contributed by atoms with Crippen molar-refractivity contribution in [3.63, 3.8) is 0 Å². The molecular formula is C13H22N2O. The third-order valence-electron chi connectivity index (χ3n) is 2.59. The smallest absolute Gasteiger partial charge is 0.267 e. The molecule has 1 amide bonds. The van der Waals surface area contributed by atoms with Gasteiger partial charge in [0.15, 0.2) is 0 Å². The zero-order chi connectivity index (χ0) is 11.8. The van der Waals surface area contributed by atoms with E-state index in [1.807, 2.05) is 6.07 Å². The number of carbonyl (C=O) groups excluding carboxylic acids is 1. The van der Waals surface area contributed by atoms with Crippen LogP contribution in [0.15, 0.2) is 18.3 Å². The molecule has 0 aliphatic heterocycles. The van der Waals surface area contributed by atoms with Crippen LogP contribution in [0.3, 0.4) is 0 Å². The predicted molar refractivity (Wildman–Crippen MR) is 66.4 cm³/mol. The van der Waals surface area contributed by atoms with Crippen LogP contribution in [-0.2, 0) is 0 Å². The molecule has 0 atom stereocenters. The van der Waals surface area contributed by atoms with E-state index >= 15 is 0 Å². The minimum Gasteiger partial charge on any atom is -0.357 e. The summed E-state index contributed by atoms with van der Waals surface area (Å²) in [5, 5.41) is 2.90. The van der Waals surface area contributed by atoms with Crippen LogP contribution in [0.1, 0.15) is 50.0 Å². The number of aromatic nitrogens is 1. The van der Waals surface area contributed by atoms with Crippen molar-refractivity contribution in [2.24, 2.45) is 5.92 Å². The molecule has 1 rings (SSSR count). The van der Waals surface area contributed by atoms with Crippen LogP contribution in [0.25, 0.3) is 0 Å². The molecule has 2 N–H and O–H groups in total. The molecule has 90 valence electrons. The molecule has 1 aromatic heterocycles. The lowest BCUT2D eigenvalue weighted by Crippen LogP contribution is -2.24. The van der Waals surface area contributed by atoms with Crippen molar-refractivity contribution in [3.8, 4) is 0 Å². The summed E-state index contributed by atoms with van der Waals surface area (Å²) >= 11 is 0. The molecule has 0 saturated carbocycles. The SMILES string of the molecule is CC(C)CCCCCNC(=O)c1ccc[nH]1. The predicted octanol–water partition coefficient (Wildman–Crippen LogP) is 2.96. The summed E-state index contributed by atoms with van der Waals surface area (Å²) in [5.41, 5.74) is 0.641. The Labute approximate surface area is 97.6 Å². The Morgan fingerprint density at radius 3 is 2.81 bits per heavy atom. The molecular weight excluding hydrogens is 200 g/mol. The van der Waals surface area contributed by atoms with Crippen LogP contribution in [0.4, 0.5) is 0 Å². The third kappa shape index (κ3) is 5.01. The van der Waals surface area contributed by atoms with E-state index in [4.69, 9.17) is 0 Å². The van der Waals surface area contributed by atoms with Gasteiger partial charge in [0.05, 0.1) is 0 Å². The summed E-state index contributed by atoms with van der Waals surface area (Å²) in [7, 11) is 0. The fourth-order valence-electron chi connectivity index (χ4n) is 1.62. The molecule has 3 nitrogen and oxygen atoms in total. The second kappa shape index (κ2) is 7.09. The summed E-state index contributed by atoms with van der Waals surface area (Å²) in [6.45, 7) is 5.26. The molecule has 0 radical (unpaired) electrons. The normalized spacial score (nSPS) is 10.7. The lowest BCUT2D eigenvalue weighted by atomic mass is 10.1. The van der Waals surface area contributed by atoms with E-state index in [2.05, 4.69) is 24.1 Å². The number of amides is 1. The first kappa shape index (κ1) is 12.8. The Balaban J connectivity index is 2.01. The summed E-state index contributed by atoms with van der Waals surface area (Å²) in [5.74, 6) is 0.780. The number of unbranched alkanes of at least 4 members (excludes halogenated alkanes) is 2. The van der Waals surface area contributed by atoms with E-state index in [9.17, 15) is 4.79 Å². The number of hydrogen-bond donors (Lipinski definition) is 2. The minimum atomic E-state index is -0.00569. The minimum absolute atomic E-state index is 0.00569. The van der Waals surface area contributed by atoms with E-state index in [0.717, 1.165) is 18.9 Å². The van der Waals surface area contributed by atoms with Gasteiger partial charge in [-0.2, -0.15) is 0 Å². The average Bonchev–Trinajstić information content (AvgIpc) is 2.75. The molecule has 1 aromatic rings. The maximum atomic E-state index is 11.5. The van der Waals surface area contributed by atoms with E-state index in [1.54, 1.807) is 12.3 Å². The molecule has 1 heterocycles. The molecule has 3 heteroatoms. The van der Waals surface area contributed by atoms with E-state index in [0.29, 0.717) is 5.69 Å². The van der Waals surface area contributed by atoms with Gasteiger partial charge in [-0.05, 0) is 24.5 Å². The first-order valence-corrected chi connectivity index (χ1v) is 6.11. The Hall–Kier alpha value is -1.25. The van der Waals surface area contributed by atoms with Gasteiger partial charge in [0.25, 0.3) is 5.91 Å². The third-order valence-corrected chi connectivity index (χ3v) is 2.59. The second-order valence-electron chi connectivity index (χ2n) is 4.58. The van der Waals surface area contributed by atoms with Crippen LogP contribution in [0, 0.1) is 5.92 Å². The van der Waals surface area contributed by atoms with Crippen molar-refractivity contribution in [1.82, 2.24) is 10.3 Å². The van der Waals surface area contributed by atoms with Gasteiger partial charge in [-0.1, -0.05) is 33.1 Å². The summed E-state index contributed by atoms with van der Waals surface area (Å²) in [6.07, 6.45) is 6.57. The van der Waals surface area contributed by atoms with Crippen LogP contribution in [0.2, 0.25) is 0 Å². The fourth-order valence-corrected chi connectivity index (χ4v) is 1.62. The fraction of sp³-hybridized carbons (Fsp3) is 0.615. The molecule has 0 unspecified atom stereocenters. The zero-order valence-electron chi connectivity index (χ0n) is 10.3. The Bertz CT molecular complexity index is 291. The quantitative estimate of drug-likeness (QED) is 0.684. The summed E-state index contributed by atoms with van der Waals surface area (Å²) in [4.78, 5) is 14.4. The lowest BCUT2D eigenvalue weighted by Gasteiger charge is -2.05. The first-order chi connectivity index (χ1) is 7.70. The molecule has 0 aliphatic rings. The monoisotopic (exact) mass is 222 g/mol. The number of nitrogens with one attached hydrogen (secondary N) is 2. The number of rotatable bonds is 7. The van der Waals surface area contributed by atoms with Crippen LogP contribution in [-0.4, -0.2) is 17.4 Å². The van der Waals surface area contributed by atoms with Gasteiger partial charge in [-0.15, -0.1) is 0 Å². The Kier molecular flexibility index (Phi) is 5.68. The molecule has 0 bridgehead atoms. The second-order valence-corrected chi connectivity index (χ2v) is 4.58. The Morgan fingerprint density at radius 2 is 2.19 bits per heavy atom. The number of aromatic amines is 1. The number of hydrogen-bond acceptors (Lipinski definition) is 1. The van der Waals surface area contributed by atoms with E-state index in [-0.39, 0.29) is 5.91 Å². The first-order valence-electron chi connectivity index (χ1n) is 6.11.